The normalized spacial score (nSPS) is 26.4. The van der Waals surface area contributed by atoms with Crippen molar-refractivity contribution < 1.29 is 24.2 Å². The lowest BCUT2D eigenvalue weighted by atomic mass is 10.0. The van der Waals surface area contributed by atoms with Crippen molar-refractivity contribution in [1.82, 2.24) is 16.0 Å². The Labute approximate surface area is 148 Å². The van der Waals surface area contributed by atoms with E-state index in [1.54, 1.807) is 19.3 Å². The Hall–Kier alpha value is -1.64. The molecule has 25 heavy (non-hydrogen) atoms. The fourth-order valence-corrected chi connectivity index (χ4v) is 3.13. The Morgan fingerprint density at radius 2 is 2.00 bits per heavy atom. The van der Waals surface area contributed by atoms with Gasteiger partial charge >= 0.3 is 6.03 Å². The number of methoxy groups -OCH3 is 1. The number of hydrogen-bond acceptors (Lipinski definition) is 5. The zero-order chi connectivity index (χ0) is 18.1. The third kappa shape index (κ3) is 6.64. The molecule has 1 aliphatic carbocycles. The summed E-state index contributed by atoms with van der Waals surface area (Å²) in [5.41, 5.74) is 0. The molecule has 3 amide bonds. The molecule has 0 unspecified atom stereocenters. The summed E-state index contributed by atoms with van der Waals surface area (Å²) in [5, 5.41) is 18.0. The lowest BCUT2D eigenvalue weighted by Crippen LogP contribution is -2.53. The van der Waals surface area contributed by atoms with E-state index in [2.05, 4.69) is 16.0 Å². The van der Waals surface area contributed by atoms with Gasteiger partial charge in [-0.05, 0) is 12.8 Å². The van der Waals surface area contributed by atoms with Crippen LogP contribution in [0.2, 0.25) is 0 Å². The first-order valence-electron chi connectivity index (χ1n) is 8.89. The molecule has 0 spiro atoms. The zero-order valence-electron chi connectivity index (χ0n) is 14.7. The van der Waals surface area contributed by atoms with Gasteiger partial charge in [0.1, 0.15) is 6.10 Å². The lowest BCUT2D eigenvalue weighted by molar-refractivity contribution is -0.125. The Kier molecular flexibility index (Phi) is 8.17. The maximum absolute atomic E-state index is 12.1. The molecule has 3 atom stereocenters. The maximum Gasteiger partial charge on any atom is 0.315 e. The molecule has 2 aliphatic rings. The third-order valence-electron chi connectivity index (χ3n) is 4.47. The third-order valence-corrected chi connectivity index (χ3v) is 4.47. The van der Waals surface area contributed by atoms with Crippen LogP contribution in [0.25, 0.3) is 0 Å². The molecule has 4 N–H and O–H groups in total. The van der Waals surface area contributed by atoms with Crippen LogP contribution < -0.4 is 16.0 Å². The van der Waals surface area contributed by atoms with Crippen LogP contribution in [0.5, 0.6) is 0 Å². The van der Waals surface area contributed by atoms with Crippen LogP contribution in [0.1, 0.15) is 32.1 Å². The summed E-state index contributed by atoms with van der Waals surface area (Å²) in [6.45, 7) is 0.662. The smallest absolute Gasteiger partial charge is 0.315 e. The lowest BCUT2D eigenvalue weighted by Gasteiger charge is -2.32. The predicted octanol–water partition coefficient (Wildman–Crippen LogP) is 0.0654. The second-order valence-corrected chi connectivity index (χ2v) is 6.45. The summed E-state index contributed by atoms with van der Waals surface area (Å²) in [7, 11) is 1.57. The number of aliphatic hydroxyl groups is 1. The summed E-state index contributed by atoms with van der Waals surface area (Å²) in [6, 6.07) is -0.442. The SMILES string of the molecule is COCCNC(=O)C[C@@H]1C=C[C@@H](NC(=O)NC2CCCC2)[C@@H](CO)O1. The van der Waals surface area contributed by atoms with Gasteiger partial charge in [-0.15, -0.1) is 0 Å². The standard InChI is InChI=1S/C17H29N3O5/c1-24-9-8-18-16(22)10-13-6-7-14(15(11-21)25-13)20-17(23)19-12-4-2-3-5-12/h6-7,12-15,21H,2-5,8-11H2,1H3,(H,18,22)(H2,19,20,23)/t13-,14+,15+/m0/s1. The van der Waals surface area contributed by atoms with E-state index in [1.807, 2.05) is 0 Å². The van der Waals surface area contributed by atoms with Gasteiger partial charge in [0, 0.05) is 19.7 Å². The Morgan fingerprint density at radius 1 is 1.24 bits per heavy atom. The second kappa shape index (κ2) is 10.4. The number of aliphatic hydroxyl groups excluding tert-OH is 1. The van der Waals surface area contributed by atoms with Crippen LogP contribution in [0, 0.1) is 0 Å². The van der Waals surface area contributed by atoms with Crippen LogP contribution in [-0.2, 0) is 14.3 Å². The highest BCUT2D eigenvalue weighted by molar-refractivity contribution is 5.77. The fraction of sp³-hybridized carbons (Fsp3) is 0.765. The molecule has 0 aromatic heterocycles. The molecule has 2 rings (SSSR count). The first kappa shape index (κ1) is 19.7. The topological polar surface area (TPSA) is 109 Å². The van der Waals surface area contributed by atoms with Crippen LogP contribution in [0.15, 0.2) is 12.2 Å². The van der Waals surface area contributed by atoms with E-state index in [4.69, 9.17) is 9.47 Å². The number of nitrogens with one attached hydrogen (secondary N) is 3. The molecule has 1 fully saturated rings. The molecule has 0 saturated heterocycles. The number of amides is 3. The van der Waals surface area contributed by atoms with Gasteiger partial charge in [0.15, 0.2) is 0 Å². The first-order valence-corrected chi connectivity index (χ1v) is 8.89. The fourth-order valence-electron chi connectivity index (χ4n) is 3.13. The second-order valence-electron chi connectivity index (χ2n) is 6.45. The van der Waals surface area contributed by atoms with E-state index >= 15 is 0 Å². The van der Waals surface area contributed by atoms with Gasteiger partial charge in [-0.3, -0.25) is 4.79 Å². The van der Waals surface area contributed by atoms with E-state index in [1.165, 1.54) is 0 Å². The Balaban J connectivity index is 1.78. The monoisotopic (exact) mass is 355 g/mol. The molecule has 0 aromatic rings. The van der Waals surface area contributed by atoms with E-state index < -0.39 is 18.2 Å². The summed E-state index contributed by atoms with van der Waals surface area (Å²) in [5.74, 6) is -0.145. The number of ether oxygens (including phenoxy) is 2. The minimum absolute atomic E-state index is 0.145. The summed E-state index contributed by atoms with van der Waals surface area (Å²) >= 11 is 0. The van der Waals surface area contributed by atoms with Gasteiger partial charge in [0.2, 0.25) is 5.91 Å². The van der Waals surface area contributed by atoms with Crippen molar-refractivity contribution >= 4 is 11.9 Å². The molecule has 1 saturated carbocycles. The van der Waals surface area contributed by atoms with E-state index in [-0.39, 0.29) is 31.0 Å². The van der Waals surface area contributed by atoms with Gasteiger partial charge in [0.05, 0.1) is 31.8 Å². The number of rotatable bonds is 8. The molecule has 1 heterocycles. The number of urea groups is 1. The molecule has 0 radical (unpaired) electrons. The van der Waals surface area contributed by atoms with E-state index in [0.29, 0.717) is 13.2 Å². The molecule has 1 aliphatic heterocycles. The van der Waals surface area contributed by atoms with Crippen molar-refractivity contribution in [3.8, 4) is 0 Å². The molecule has 8 nitrogen and oxygen atoms in total. The van der Waals surface area contributed by atoms with E-state index in [9.17, 15) is 14.7 Å². The Morgan fingerprint density at radius 3 is 2.68 bits per heavy atom. The minimum atomic E-state index is -0.573. The highest BCUT2D eigenvalue weighted by Gasteiger charge is 2.29. The molecular formula is C17H29N3O5. The van der Waals surface area contributed by atoms with Crippen molar-refractivity contribution in [3.05, 3.63) is 12.2 Å². The van der Waals surface area contributed by atoms with Crippen LogP contribution in [0.3, 0.4) is 0 Å². The van der Waals surface area contributed by atoms with Crippen molar-refractivity contribution in [2.45, 2.75) is 56.4 Å². The minimum Gasteiger partial charge on any atom is -0.394 e. The van der Waals surface area contributed by atoms with Crippen LogP contribution in [0.4, 0.5) is 4.79 Å². The molecule has 8 heteroatoms. The van der Waals surface area contributed by atoms with Crippen molar-refractivity contribution in [2.75, 3.05) is 26.9 Å². The van der Waals surface area contributed by atoms with Crippen molar-refractivity contribution in [2.24, 2.45) is 0 Å². The largest absolute Gasteiger partial charge is 0.394 e. The van der Waals surface area contributed by atoms with Gasteiger partial charge in [-0.2, -0.15) is 0 Å². The zero-order valence-corrected chi connectivity index (χ0v) is 14.7. The first-order chi connectivity index (χ1) is 12.1. The molecular weight excluding hydrogens is 326 g/mol. The van der Waals surface area contributed by atoms with Crippen molar-refractivity contribution in [3.63, 3.8) is 0 Å². The highest BCUT2D eigenvalue weighted by Crippen LogP contribution is 2.18. The van der Waals surface area contributed by atoms with Gasteiger partial charge < -0.3 is 30.5 Å². The average Bonchev–Trinajstić information content (AvgIpc) is 3.09. The van der Waals surface area contributed by atoms with E-state index in [0.717, 1.165) is 25.7 Å². The van der Waals surface area contributed by atoms with Crippen LogP contribution >= 0.6 is 0 Å². The van der Waals surface area contributed by atoms with Gasteiger partial charge in [0.25, 0.3) is 0 Å². The average molecular weight is 355 g/mol. The van der Waals surface area contributed by atoms with Gasteiger partial charge in [-0.1, -0.05) is 25.0 Å². The molecule has 0 aromatic carbocycles. The Bertz CT molecular complexity index is 465. The maximum atomic E-state index is 12.1. The molecule has 142 valence electrons. The van der Waals surface area contributed by atoms with Crippen molar-refractivity contribution in [1.29, 1.82) is 0 Å². The predicted molar refractivity (Wildman–Crippen MR) is 92.1 cm³/mol. The summed E-state index contributed by atoms with van der Waals surface area (Å²) in [6.07, 6.45) is 7.01. The number of hydrogen-bond donors (Lipinski definition) is 4. The summed E-state index contributed by atoms with van der Waals surface area (Å²) < 4.78 is 10.6. The number of carbonyl (C=O) groups excluding carboxylic acids is 2. The van der Waals surface area contributed by atoms with Gasteiger partial charge in [-0.25, -0.2) is 4.79 Å². The van der Waals surface area contributed by atoms with Crippen LogP contribution in [-0.4, -0.2) is 68.2 Å². The summed E-state index contributed by atoms with van der Waals surface area (Å²) in [4.78, 5) is 23.9. The molecule has 0 bridgehead atoms. The number of carbonyl (C=O) groups is 2. The quantitative estimate of drug-likeness (QED) is 0.364. The highest BCUT2D eigenvalue weighted by atomic mass is 16.5.